The molecule has 1 fully saturated rings. The van der Waals surface area contributed by atoms with Crippen LogP contribution in [0.25, 0.3) is 0 Å². The number of nitrogens with zero attached hydrogens (tertiary/aromatic N) is 1. The van der Waals surface area contributed by atoms with Crippen molar-refractivity contribution >= 4 is 24.8 Å². The Bertz CT molecular complexity index is 477. The molecule has 0 bridgehead atoms. The van der Waals surface area contributed by atoms with Crippen LogP contribution in [0.4, 0.5) is 17.6 Å². The van der Waals surface area contributed by atoms with Gasteiger partial charge in [-0.1, -0.05) is 12.1 Å². The fraction of sp³-hybridized carbons (Fsp3) is 0.600. The van der Waals surface area contributed by atoms with Crippen LogP contribution in [-0.2, 0) is 0 Å². The van der Waals surface area contributed by atoms with Crippen molar-refractivity contribution in [3.63, 3.8) is 0 Å². The zero-order valence-corrected chi connectivity index (χ0v) is 14.5. The highest BCUT2D eigenvalue weighted by Gasteiger charge is 2.31. The number of benzene rings is 1. The summed E-state index contributed by atoms with van der Waals surface area (Å²) < 4.78 is 51.0. The molecule has 0 amide bonds. The zero-order valence-electron chi connectivity index (χ0n) is 12.8. The van der Waals surface area contributed by atoms with Gasteiger partial charge in [0.1, 0.15) is 5.82 Å². The number of hydrogen-bond acceptors (Lipinski definition) is 2. The first-order chi connectivity index (χ1) is 9.87. The third-order valence-corrected chi connectivity index (χ3v) is 3.86. The summed E-state index contributed by atoms with van der Waals surface area (Å²) in [5.74, 6) is -0.325. The van der Waals surface area contributed by atoms with Crippen molar-refractivity contribution in [3.05, 3.63) is 35.1 Å². The maximum atomic E-state index is 13.4. The van der Waals surface area contributed by atoms with Crippen molar-refractivity contribution in [2.24, 2.45) is 0 Å². The molecule has 0 spiro atoms. The van der Waals surface area contributed by atoms with E-state index in [-0.39, 0.29) is 43.1 Å². The molecule has 134 valence electrons. The second kappa shape index (κ2) is 9.67. The Morgan fingerprint density at radius 3 is 2.30 bits per heavy atom. The first-order valence-electron chi connectivity index (χ1n) is 7.14. The molecule has 1 aliphatic heterocycles. The van der Waals surface area contributed by atoms with Gasteiger partial charge in [-0.05, 0) is 30.5 Å². The van der Waals surface area contributed by atoms with E-state index in [1.165, 1.54) is 6.07 Å². The van der Waals surface area contributed by atoms with Crippen LogP contribution in [0.1, 0.15) is 30.0 Å². The Balaban J connectivity index is 0.00000242. The van der Waals surface area contributed by atoms with E-state index in [2.05, 4.69) is 10.2 Å². The van der Waals surface area contributed by atoms with Gasteiger partial charge >= 0.3 is 6.18 Å². The number of halogens is 6. The molecule has 0 unspecified atom stereocenters. The maximum Gasteiger partial charge on any atom is 0.389 e. The Labute approximate surface area is 146 Å². The van der Waals surface area contributed by atoms with Crippen molar-refractivity contribution in [2.45, 2.75) is 32.0 Å². The van der Waals surface area contributed by atoms with Gasteiger partial charge in [0.05, 0.1) is 0 Å². The molecular weight excluding hydrogens is 355 g/mol. The van der Waals surface area contributed by atoms with Gasteiger partial charge in [0, 0.05) is 38.6 Å². The molecule has 1 N–H and O–H groups in total. The SMILES string of the molecule is Cc1cc([C@H](CCC(F)(F)F)N2CCNCC2)ccc1F.Cl.Cl. The van der Waals surface area contributed by atoms with E-state index in [0.29, 0.717) is 18.7 Å². The predicted molar refractivity (Wildman–Crippen MR) is 88.1 cm³/mol. The number of piperazine rings is 1. The molecule has 2 nitrogen and oxygen atoms in total. The molecule has 0 saturated carbocycles. The van der Waals surface area contributed by atoms with Gasteiger partial charge in [0.15, 0.2) is 0 Å². The van der Waals surface area contributed by atoms with Gasteiger partial charge in [-0.25, -0.2) is 4.39 Å². The molecule has 0 aliphatic carbocycles. The number of alkyl halides is 3. The first kappa shape index (κ1) is 22.4. The Morgan fingerprint density at radius 1 is 1.17 bits per heavy atom. The lowest BCUT2D eigenvalue weighted by Crippen LogP contribution is -2.45. The lowest BCUT2D eigenvalue weighted by molar-refractivity contribution is -0.138. The molecule has 0 aromatic heterocycles. The minimum Gasteiger partial charge on any atom is -0.314 e. The van der Waals surface area contributed by atoms with Gasteiger partial charge in [-0.15, -0.1) is 24.8 Å². The van der Waals surface area contributed by atoms with Crippen LogP contribution >= 0.6 is 24.8 Å². The maximum absolute atomic E-state index is 13.4. The van der Waals surface area contributed by atoms with Gasteiger partial charge in [-0.3, -0.25) is 4.90 Å². The highest BCUT2D eigenvalue weighted by Crippen LogP contribution is 2.32. The van der Waals surface area contributed by atoms with E-state index in [4.69, 9.17) is 0 Å². The van der Waals surface area contributed by atoms with E-state index in [9.17, 15) is 17.6 Å². The molecule has 1 heterocycles. The molecule has 2 rings (SSSR count). The number of hydrogen-bond donors (Lipinski definition) is 1. The molecule has 1 aromatic rings. The summed E-state index contributed by atoms with van der Waals surface area (Å²) >= 11 is 0. The van der Waals surface area contributed by atoms with Gasteiger partial charge in [0.25, 0.3) is 0 Å². The second-order valence-corrected chi connectivity index (χ2v) is 5.46. The standard InChI is InChI=1S/C15H20F4N2.2ClH/c1-11-10-12(2-3-13(11)16)14(4-5-15(17,18)19)21-8-6-20-7-9-21;;/h2-3,10,14,20H,4-9H2,1H3;2*1H/t14-;;/m0../s1. The number of nitrogens with one attached hydrogen (secondary N) is 1. The molecular formula is C15H22Cl2F4N2. The molecule has 1 aromatic carbocycles. The fourth-order valence-electron chi connectivity index (χ4n) is 2.73. The van der Waals surface area contributed by atoms with Crippen LogP contribution in [-0.4, -0.2) is 37.3 Å². The lowest BCUT2D eigenvalue weighted by Gasteiger charge is -2.35. The monoisotopic (exact) mass is 376 g/mol. The van der Waals surface area contributed by atoms with Gasteiger partial charge in [0.2, 0.25) is 0 Å². The Kier molecular flexibility index (Phi) is 9.43. The summed E-state index contributed by atoms with van der Waals surface area (Å²) in [5.41, 5.74) is 1.24. The van der Waals surface area contributed by atoms with E-state index >= 15 is 0 Å². The van der Waals surface area contributed by atoms with Crippen molar-refractivity contribution < 1.29 is 17.6 Å². The quantitative estimate of drug-likeness (QED) is 0.789. The highest BCUT2D eigenvalue weighted by molar-refractivity contribution is 5.85. The Hall–Kier alpha value is -0.560. The average molecular weight is 377 g/mol. The Morgan fingerprint density at radius 2 is 1.78 bits per heavy atom. The topological polar surface area (TPSA) is 15.3 Å². The van der Waals surface area contributed by atoms with Crippen LogP contribution in [0, 0.1) is 12.7 Å². The summed E-state index contributed by atoms with van der Waals surface area (Å²) in [7, 11) is 0. The number of aryl methyl sites for hydroxylation is 1. The normalized spacial score (nSPS) is 17.1. The van der Waals surface area contributed by atoms with E-state index < -0.39 is 12.6 Å². The average Bonchev–Trinajstić information content (AvgIpc) is 2.43. The van der Waals surface area contributed by atoms with Crippen LogP contribution < -0.4 is 5.32 Å². The molecule has 1 atom stereocenters. The second-order valence-electron chi connectivity index (χ2n) is 5.46. The summed E-state index contributed by atoms with van der Waals surface area (Å²) in [4.78, 5) is 2.05. The number of rotatable bonds is 4. The zero-order chi connectivity index (χ0) is 15.5. The molecule has 8 heteroatoms. The van der Waals surface area contributed by atoms with Crippen molar-refractivity contribution in [1.29, 1.82) is 0 Å². The molecule has 1 aliphatic rings. The van der Waals surface area contributed by atoms with Crippen molar-refractivity contribution in [3.8, 4) is 0 Å². The third kappa shape index (κ3) is 6.83. The molecule has 0 radical (unpaired) electrons. The minimum atomic E-state index is -4.17. The van der Waals surface area contributed by atoms with Gasteiger partial charge in [-0.2, -0.15) is 13.2 Å². The summed E-state index contributed by atoms with van der Waals surface area (Å²) in [6.45, 7) is 4.58. The largest absolute Gasteiger partial charge is 0.389 e. The van der Waals surface area contributed by atoms with Gasteiger partial charge < -0.3 is 5.32 Å². The van der Waals surface area contributed by atoms with Crippen molar-refractivity contribution in [1.82, 2.24) is 10.2 Å². The van der Waals surface area contributed by atoms with E-state index in [1.54, 1.807) is 19.1 Å². The molecule has 1 saturated heterocycles. The van der Waals surface area contributed by atoms with E-state index in [0.717, 1.165) is 18.7 Å². The van der Waals surface area contributed by atoms with Crippen molar-refractivity contribution in [2.75, 3.05) is 26.2 Å². The minimum absolute atomic E-state index is 0. The van der Waals surface area contributed by atoms with Crippen LogP contribution in [0.3, 0.4) is 0 Å². The van der Waals surface area contributed by atoms with Crippen LogP contribution in [0.15, 0.2) is 18.2 Å². The molecule has 23 heavy (non-hydrogen) atoms. The van der Waals surface area contributed by atoms with Crippen LogP contribution in [0.2, 0.25) is 0 Å². The predicted octanol–water partition coefficient (Wildman–Crippen LogP) is 4.27. The summed E-state index contributed by atoms with van der Waals surface area (Å²) in [6, 6.07) is 4.30. The lowest BCUT2D eigenvalue weighted by atomic mass is 9.97. The third-order valence-electron chi connectivity index (χ3n) is 3.86. The smallest absolute Gasteiger partial charge is 0.314 e. The fourth-order valence-corrected chi connectivity index (χ4v) is 2.73. The summed E-state index contributed by atoms with van der Waals surface area (Å²) in [6.07, 6.45) is -4.98. The summed E-state index contributed by atoms with van der Waals surface area (Å²) in [5, 5.41) is 3.19. The highest BCUT2D eigenvalue weighted by atomic mass is 35.5. The van der Waals surface area contributed by atoms with Crippen LogP contribution in [0.5, 0.6) is 0 Å². The first-order valence-corrected chi connectivity index (χ1v) is 7.14. The van der Waals surface area contributed by atoms with E-state index in [1.807, 2.05) is 0 Å².